The number of halogens is 3. The number of hydrogen-bond donors (Lipinski definition) is 1. The lowest BCUT2D eigenvalue weighted by molar-refractivity contribution is -0.137. The lowest BCUT2D eigenvalue weighted by Gasteiger charge is -2.19. The number of para-hydroxylation sites is 1. The van der Waals surface area contributed by atoms with Gasteiger partial charge in [-0.3, -0.25) is 9.59 Å². The van der Waals surface area contributed by atoms with Crippen LogP contribution in [0.15, 0.2) is 65.5 Å². The third kappa shape index (κ3) is 5.30. The predicted octanol–water partition coefficient (Wildman–Crippen LogP) is 3.43. The van der Waals surface area contributed by atoms with E-state index in [0.717, 1.165) is 22.5 Å². The highest BCUT2D eigenvalue weighted by Gasteiger charge is 2.30. The molecular formula is C22H21F3N4O2. The number of nitrogens with zero attached hydrogens (tertiary/aromatic N) is 3. The number of carbonyl (C=O) groups is 1. The third-order valence-corrected chi connectivity index (χ3v) is 4.67. The quantitative estimate of drug-likeness (QED) is 0.651. The minimum atomic E-state index is -4.52. The maximum absolute atomic E-state index is 13.0. The Labute approximate surface area is 176 Å². The van der Waals surface area contributed by atoms with E-state index in [9.17, 15) is 22.8 Å². The fourth-order valence-corrected chi connectivity index (χ4v) is 3.01. The van der Waals surface area contributed by atoms with Crippen molar-refractivity contribution in [3.8, 4) is 5.69 Å². The van der Waals surface area contributed by atoms with Gasteiger partial charge in [-0.2, -0.15) is 18.3 Å². The fraction of sp³-hybridized carbons (Fsp3) is 0.227. The number of aromatic nitrogens is 2. The summed E-state index contributed by atoms with van der Waals surface area (Å²) in [7, 11) is 1.87. The highest BCUT2D eigenvalue weighted by atomic mass is 19.4. The van der Waals surface area contributed by atoms with Crippen molar-refractivity contribution in [2.24, 2.45) is 0 Å². The van der Waals surface area contributed by atoms with E-state index in [0.29, 0.717) is 12.2 Å². The van der Waals surface area contributed by atoms with Gasteiger partial charge in [0.05, 0.1) is 11.3 Å². The molecule has 6 nitrogen and oxygen atoms in total. The summed E-state index contributed by atoms with van der Waals surface area (Å²) in [4.78, 5) is 26.7. The molecule has 0 aliphatic rings. The number of aryl methyl sites for hydroxylation is 1. The van der Waals surface area contributed by atoms with Crippen molar-refractivity contribution < 1.29 is 18.0 Å². The van der Waals surface area contributed by atoms with Crippen molar-refractivity contribution in [2.75, 3.05) is 25.0 Å². The summed E-state index contributed by atoms with van der Waals surface area (Å²) in [6, 6.07) is 15.3. The van der Waals surface area contributed by atoms with Gasteiger partial charge >= 0.3 is 6.18 Å². The standard InChI is InChI=1S/C22H21F3N4O2/c1-15-13-19(30)20(21(31)26-11-12-28(2)17-8-4-3-5-9-17)27-29(15)18-10-6-7-16(14-18)22(23,24)25/h3-10,13-14H,11-12H2,1-2H3,(H,26,31). The van der Waals surface area contributed by atoms with E-state index in [4.69, 9.17) is 0 Å². The Morgan fingerprint density at radius 3 is 2.48 bits per heavy atom. The smallest absolute Gasteiger partial charge is 0.373 e. The highest BCUT2D eigenvalue weighted by Crippen LogP contribution is 2.30. The van der Waals surface area contributed by atoms with Crippen molar-refractivity contribution in [1.82, 2.24) is 15.1 Å². The molecule has 0 aliphatic carbocycles. The van der Waals surface area contributed by atoms with Crippen LogP contribution in [0.25, 0.3) is 5.69 Å². The normalized spacial score (nSPS) is 11.3. The number of benzene rings is 2. The number of nitrogens with one attached hydrogen (secondary N) is 1. The number of likely N-dealkylation sites (N-methyl/N-ethyl adjacent to an activating group) is 1. The van der Waals surface area contributed by atoms with E-state index in [1.165, 1.54) is 25.1 Å². The molecule has 0 saturated heterocycles. The van der Waals surface area contributed by atoms with Gasteiger partial charge in [0.1, 0.15) is 0 Å². The Balaban J connectivity index is 1.78. The summed E-state index contributed by atoms with van der Waals surface area (Å²) in [5.41, 5.74) is -0.452. The second kappa shape index (κ2) is 9.03. The summed E-state index contributed by atoms with van der Waals surface area (Å²) >= 11 is 0. The van der Waals surface area contributed by atoms with Crippen molar-refractivity contribution in [3.63, 3.8) is 0 Å². The van der Waals surface area contributed by atoms with Gasteiger partial charge in [0.2, 0.25) is 5.43 Å². The molecule has 0 spiro atoms. The van der Waals surface area contributed by atoms with E-state index in [1.807, 2.05) is 42.3 Å². The molecule has 162 valence electrons. The second-order valence-corrected chi connectivity index (χ2v) is 6.97. The molecule has 0 bridgehead atoms. The first-order valence-electron chi connectivity index (χ1n) is 9.50. The van der Waals surface area contributed by atoms with Crippen LogP contribution in [-0.4, -0.2) is 35.8 Å². The van der Waals surface area contributed by atoms with Gasteiger partial charge in [0.25, 0.3) is 5.91 Å². The molecule has 0 unspecified atom stereocenters. The van der Waals surface area contributed by atoms with Gasteiger partial charge in [0, 0.05) is 37.6 Å². The molecule has 1 amide bonds. The van der Waals surface area contributed by atoms with Gasteiger partial charge < -0.3 is 10.2 Å². The molecule has 31 heavy (non-hydrogen) atoms. The minimum Gasteiger partial charge on any atom is -0.373 e. The monoisotopic (exact) mass is 430 g/mol. The SMILES string of the molecule is Cc1cc(=O)c(C(=O)NCCN(C)c2ccccc2)nn1-c1cccc(C(F)(F)F)c1. The summed E-state index contributed by atoms with van der Waals surface area (Å²) in [5, 5.41) is 6.67. The van der Waals surface area contributed by atoms with Crippen LogP contribution in [0.2, 0.25) is 0 Å². The van der Waals surface area contributed by atoms with Crippen LogP contribution >= 0.6 is 0 Å². The molecule has 0 radical (unpaired) electrons. The van der Waals surface area contributed by atoms with Crippen LogP contribution in [-0.2, 0) is 6.18 Å². The average molecular weight is 430 g/mol. The molecule has 9 heteroatoms. The molecule has 1 aromatic heterocycles. The van der Waals surface area contributed by atoms with Crippen LogP contribution in [0.3, 0.4) is 0 Å². The lowest BCUT2D eigenvalue weighted by atomic mass is 10.2. The van der Waals surface area contributed by atoms with Crippen LogP contribution in [0.4, 0.5) is 18.9 Å². The van der Waals surface area contributed by atoms with Gasteiger partial charge in [-0.25, -0.2) is 4.68 Å². The molecule has 3 rings (SSSR count). The zero-order valence-electron chi connectivity index (χ0n) is 17.0. The van der Waals surface area contributed by atoms with Crippen molar-refractivity contribution in [1.29, 1.82) is 0 Å². The first-order chi connectivity index (χ1) is 14.7. The molecule has 1 heterocycles. The van der Waals surface area contributed by atoms with Gasteiger partial charge in [0.15, 0.2) is 5.69 Å². The Kier molecular flexibility index (Phi) is 6.43. The first kappa shape index (κ1) is 22.1. The van der Waals surface area contributed by atoms with E-state index < -0.39 is 23.1 Å². The second-order valence-electron chi connectivity index (χ2n) is 6.97. The van der Waals surface area contributed by atoms with Crippen LogP contribution in [0.1, 0.15) is 21.7 Å². The van der Waals surface area contributed by atoms with Crippen LogP contribution in [0, 0.1) is 6.92 Å². The Bertz CT molecular complexity index is 1130. The zero-order chi connectivity index (χ0) is 22.6. The number of alkyl halides is 3. The summed E-state index contributed by atoms with van der Waals surface area (Å²) in [5.74, 6) is -0.688. The van der Waals surface area contributed by atoms with Crippen LogP contribution in [0.5, 0.6) is 0 Å². The van der Waals surface area contributed by atoms with Gasteiger partial charge in [-0.05, 0) is 37.3 Å². The van der Waals surface area contributed by atoms with E-state index in [2.05, 4.69) is 10.4 Å². The number of anilines is 1. The number of rotatable bonds is 6. The van der Waals surface area contributed by atoms with Crippen molar-refractivity contribution >= 4 is 11.6 Å². The Morgan fingerprint density at radius 2 is 1.81 bits per heavy atom. The number of amides is 1. The maximum Gasteiger partial charge on any atom is 0.416 e. The molecule has 1 N–H and O–H groups in total. The van der Waals surface area contributed by atoms with E-state index in [-0.39, 0.29) is 17.9 Å². The van der Waals surface area contributed by atoms with Crippen molar-refractivity contribution in [3.05, 3.63) is 87.8 Å². The van der Waals surface area contributed by atoms with Crippen LogP contribution < -0.4 is 15.6 Å². The molecule has 0 aliphatic heterocycles. The van der Waals surface area contributed by atoms with E-state index >= 15 is 0 Å². The molecule has 0 atom stereocenters. The molecule has 2 aromatic carbocycles. The Morgan fingerprint density at radius 1 is 1.10 bits per heavy atom. The van der Waals surface area contributed by atoms with E-state index in [1.54, 1.807) is 0 Å². The summed E-state index contributed by atoms with van der Waals surface area (Å²) in [6.07, 6.45) is -4.52. The molecular weight excluding hydrogens is 409 g/mol. The third-order valence-electron chi connectivity index (χ3n) is 4.67. The minimum absolute atomic E-state index is 0.102. The zero-order valence-corrected chi connectivity index (χ0v) is 17.0. The highest BCUT2D eigenvalue weighted by molar-refractivity contribution is 5.92. The maximum atomic E-state index is 13.0. The largest absolute Gasteiger partial charge is 0.416 e. The predicted molar refractivity (Wildman–Crippen MR) is 112 cm³/mol. The topological polar surface area (TPSA) is 67.2 Å². The first-order valence-corrected chi connectivity index (χ1v) is 9.50. The Hall–Kier alpha value is -3.62. The van der Waals surface area contributed by atoms with Crippen molar-refractivity contribution in [2.45, 2.75) is 13.1 Å². The molecule has 0 saturated carbocycles. The number of carbonyl (C=O) groups excluding carboxylic acids is 1. The lowest BCUT2D eigenvalue weighted by Crippen LogP contribution is -2.36. The van der Waals surface area contributed by atoms with Gasteiger partial charge in [-0.15, -0.1) is 0 Å². The summed E-state index contributed by atoms with van der Waals surface area (Å²) in [6.45, 7) is 2.28. The van der Waals surface area contributed by atoms with Gasteiger partial charge in [-0.1, -0.05) is 24.3 Å². The molecule has 3 aromatic rings. The fourth-order valence-electron chi connectivity index (χ4n) is 3.01. The average Bonchev–Trinajstić information content (AvgIpc) is 2.73. The molecule has 0 fully saturated rings. The number of hydrogen-bond acceptors (Lipinski definition) is 4. The summed E-state index contributed by atoms with van der Waals surface area (Å²) < 4.78 is 40.3.